The fourth-order valence-corrected chi connectivity index (χ4v) is 2.42. The lowest BCUT2D eigenvalue weighted by Gasteiger charge is -2.29. The van der Waals surface area contributed by atoms with Crippen molar-refractivity contribution < 1.29 is 22.9 Å². The van der Waals surface area contributed by atoms with E-state index in [0.29, 0.717) is 24.1 Å². The van der Waals surface area contributed by atoms with Crippen molar-refractivity contribution in [1.82, 2.24) is 0 Å². The molecule has 5 nitrogen and oxygen atoms in total. The van der Waals surface area contributed by atoms with Gasteiger partial charge < -0.3 is 4.90 Å². The number of benzene rings is 1. The van der Waals surface area contributed by atoms with Crippen LogP contribution >= 0.6 is 0 Å². The van der Waals surface area contributed by atoms with Crippen LogP contribution in [0.2, 0.25) is 0 Å². The van der Waals surface area contributed by atoms with Gasteiger partial charge in [0.05, 0.1) is 22.6 Å². The van der Waals surface area contributed by atoms with E-state index < -0.39 is 29.8 Å². The Morgan fingerprint density at radius 2 is 2.10 bits per heavy atom. The lowest BCUT2D eigenvalue weighted by molar-refractivity contribution is -0.385. The molecule has 8 heteroatoms. The van der Waals surface area contributed by atoms with Crippen molar-refractivity contribution in [3.63, 3.8) is 0 Å². The number of anilines is 1. The number of halogens is 3. The summed E-state index contributed by atoms with van der Waals surface area (Å²) in [5, 5.41) is 11.0. The Labute approximate surface area is 118 Å². The summed E-state index contributed by atoms with van der Waals surface area (Å²) in [4.78, 5) is 23.6. The molecule has 1 aliphatic rings. The highest BCUT2D eigenvalue weighted by molar-refractivity contribution is 5.95. The third-order valence-electron chi connectivity index (χ3n) is 3.35. The molecule has 1 aromatic carbocycles. The first kappa shape index (κ1) is 15.3. The number of hydrogen-bond acceptors (Lipinski definition) is 3. The van der Waals surface area contributed by atoms with Gasteiger partial charge in [-0.1, -0.05) is 6.07 Å². The largest absolute Gasteiger partial charge is 0.389 e. The van der Waals surface area contributed by atoms with E-state index in [9.17, 15) is 28.1 Å². The predicted molar refractivity (Wildman–Crippen MR) is 69.1 cm³/mol. The number of alkyl halides is 3. The zero-order valence-corrected chi connectivity index (χ0v) is 11.0. The van der Waals surface area contributed by atoms with Crippen LogP contribution in [0.4, 0.5) is 24.5 Å². The van der Waals surface area contributed by atoms with E-state index in [2.05, 4.69) is 0 Å². The highest BCUT2D eigenvalue weighted by atomic mass is 19.4. The molecule has 1 aromatic rings. The SMILES string of the molecule is O=C(CCC(F)(F)F)N1CCCc2c1cccc2[N+](=O)[O-]. The van der Waals surface area contributed by atoms with E-state index in [0.717, 1.165) is 0 Å². The number of carbonyl (C=O) groups excluding carboxylic acids is 1. The van der Waals surface area contributed by atoms with Gasteiger partial charge >= 0.3 is 6.18 Å². The minimum atomic E-state index is -4.39. The minimum Gasteiger partial charge on any atom is -0.312 e. The molecule has 114 valence electrons. The topological polar surface area (TPSA) is 63.5 Å². The number of hydrogen-bond donors (Lipinski definition) is 0. The molecule has 1 aliphatic heterocycles. The number of fused-ring (bicyclic) bond motifs is 1. The summed E-state index contributed by atoms with van der Waals surface area (Å²) in [6, 6.07) is 4.31. The minimum absolute atomic E-state index is 0.0965. The van der Waals surface area contributed by atoms with Gasteiger partial charge in [-0.3, -0.25) is 14.9 Å². The highest BCUT2D eigenvalue weighted by Crippen LogP contribution is 2.34. The molecule has 1 heterocycles. The highest BCUT2D eigenvalue weighted by Gasteiger charge is 2.32. The average molecular weight is 302 g/mol. The Bertz CT molecular complexity index is 572. The molecule has 0 atom stereocenters. The van der Waals surface area contributed by atoms with Gasteiger partial charge in [-0.25, -0.2) is 0 Å². The molecule has 0 N–H and O–H groups in total. The van der Waals surface area contributed by atoms with E-state index in [1.54, 1.807) is 0 Å². The van der Waals surface area contributed by atoms with E-state index in [4.69, 9.17) is 0 Å². The van der Waals surface area contributed by atoms with Crippen LogP contribution in [0.25, 0.3) is 0 Å². The van der Waals surface area contributed by atoms with Crippen LogP contribution in [0.1, 0.15) is 24.8 Å². The zero-order valence-electron chi connectivity index (χ0n) is 11.0. The van der Waals surface area contributed by atoms with Crippen molar-refractivity contribution in [2.24, 2.45) is 0 Å². The normalized spacial score (nSPS) is 14.7. The lowest BCUT2D eigenvalue weighted by atomic mass is 9.99. The van der Waals surface area contributed by atoms with Crippen LogP contribution in [0, 0.1) is 10.1 Å². The summed E-state index contributed by atoms with van der Waals surface area (Å²) in [5.41, 5.74) is 0.664. The smallest absolute Gasteiger partial charge is 0.312 e. The molecule has 0 saturated heterocycles. The van der Waals surface area contributed by atoms with Crippen molar-refractivity contribution in [1.29, 1.82) is 0 Å². The van der Waals surface area contributed by atoms with Crippen molar-refractivity contribution in [2.45, 2.75) is 31.9 Å². The van der Waals surface area contributed by atoms with Gasteiger partial charge in [0.15, 0.2) is 0 Å². The Balaban J connectivity index is 2.24. The number of nitrogens with zero attached hydrogens (tertiary/aromatic N) is 2. The van der Waals surface area contributed by atoms with Gasteiger partial charge in [-0.15, -0.1) is 0 Å². The summed E-state index contributed by atoms with van der Waals surface area (Å²) >= 11 is 0. The monoisotopic (exact) mass is 302 g/mol. The van der Waals surface area contributed by atoms with Gasteiger partial charge in [-0.05, 0) is 18.9 Å². The maximum Gasteiger partial charge on any atom is 0.389 e. The third-order valence-corrected chi connectivity index (χ3v) is 3.35. The third kappa shape index (κ3) is 3.50. The second-order valence-electron chi connectivity index (χ2n) is 4.80. The van der Waals surface area contributed by atoms with Crippen LogP contribution in [0.15, 0.2) is 18.2 Å². The number of nitro benzene ring substituents is 1. The fraction of sp³-hybridized carbons (Fsp3) is 0.462. The fourth-order valence-electron chi connectivity index (χ4n) is 2.42. The van der Waals surface area contributed by atoms with Crippen LogP contribution < -0.4 is 4.90 Å². The number of carbonyl (C=O) groups is 1. The lowest BCUT2D eigenvalue weighted by Crippen LogP contribution is -2.36. The van der Waals surface area contributed by atoms with Crippen LogP contribution in [-0.2, 0) is 11.2 Å². The molecule has 0 bridgehead atoms. The summed E-state index contributed by atoms with van der Waals surface area (Å²) in [7, 11) is 0. The van der Waals surface area contributed by atoms with E-state index >= 15 is 0 Å². The number of amides is 1. The molecule has 0 unspecified atom stereocenters. The molecule has 0 aromatic heterocycles. The molecule has 0 spiro atoms. The summed E-state index contributed by atoms with van der Waals surface area (Å²) in [6.45, 7) is 0.283. The molecule has 0 saturated carbocycles. The van der Waals surface area contributed by atoms with Crippen molar-refractivity contribution >= 4 is 17.3 Å². The molecule has 0 radical (unpaired) electrons. The van der Waals surface area contributed by atoms with Gasteiger partial charge in [0, 0.05) is 19.0 Å². The van der Waals surface area contributed by atoms with Gasteiger partial charge in [0.2, 0.25) is 5.91 Å². The number of nitro groups is 1. The molecule has 0 aliphatic carbocycles. The average Bonchev–Trinajstić information content (AvgIpc) is 2.42. The Kier molecular flexibility index (Phi) is 4.15. The predicted octanol–water partition coefficient (Wildman–Crippen LogP) is 3.22. The first-order valence-corrected chi connectivity index (χ1v) is 6.43. The van der Waals surface area contributed by atoms with E-state index in [1.807, 2.05) is 0 Å². The zero-order chi connectivity index (χ0) is 15.6. The maximum atomic E-state index is 12.2. The van der Waals surface area contributed by atoms with Crippen LogP contribution in [0.5, 0.6) is 0 Å². The second kappa shape index (κ2) is 5.71. The summed E-state index contributed by atoms with van der Waals surface area (Å²) < 4.78 is 36.6. The molecule has 2 rings (SSSR count). The van der Waals surface area contributed by atoms with Gasteiger partial charge in [0.25, 0.3) is 5.69 Å². The molecular weight excluding hydrogens is 289 g/mol. The van der Waals surface area contributed by atoms with Gasteiger partial charge in [-0.2, -0.15) is 13.2 Å². The van der Waals surface area contributed by atoms with Crippen molar-refractivity contribution in [3.05, 3.63) is 33.9 Å². The van der Waals surface area contributed by atoms with Crippen LogP contribution in [0.3, 0.4) is 0 Å². The van der Waals surface area contributed by atoms with Crippen LogP contribution in [-0.4, -0.2) is 23.6 Å². The molecule has 21 heavy (non-hydrogen) atoms. The van der Waals surface area contributed by atoms with Gasteiger partial charge in [0.1, 0.15) is 0 Å². The summed E-state index contributed by atoms with van der Waals surface area (Å²) in [6.07, 6.45) is -5.29. The first-order valence-electron chi connectivity index (χ1n) is 6.43. The Morgan fingerprint density at radius 3 is 2.71 bits per heavy atom. The quantitative estimate of drug-likeness (QED) is 0.636. The molecule has 1 amide bonds. The van der Waals surface area contributed by atoms with Crippen molar-refractivity contribution in [3.8, 4) is 0 Å². The molecule has 0 fully saturated rings. The Hall–Kier alpha value is -2.12. The van der Waals surface area contributed by atoms with E-state index in [-0.39, 0.29) is 12.2 Å². The first-order chi connectivity index (χ1) is 9.79. The second-order valence-corrected chi connectivity index (χ2v) is 4.80. The standard InChI is InChI=1S/C13H13F3N2O3/c14-13(15,16)7-6-12(19)17-8-2-3-9-10(17)4-1-5-11(9)18(20)21/h1,4-5H,2-3,6-8H2. The number of rotatable bonds is 3. The maximum absolute atomic E-state index is 12.2. The summed E-state index contributed by atoms with van der Waals surface area (Å²) in [5.74, 6) is -0.659. The van der Waals surface area contributed by atoms with E-state index in [1.165, 1.54) is 23.1 Å². The Morgan fingerprint density at radius 1 is 1.38 bits per heavy atom. The van der Waals surface area contributed by atoms with Crippen molar-refractivity contribution in [2.75, 3.05) is 11.4 Å². The molecular formula is C13H13F3N2O3.